The Balaban J connectivity index is 2.10. The van der Waals surface area contributed by atoms with Gasteiger partial charge in [-0.05, 0) is 31.6 Å². The fourth-order valence-electron chi connectivity index (χ4n) is 2.53. The van der Waals surface area contributed by atoms with Gasteiger partial charge in [0, 0.05) is 19.2 Å². The average molecular weight is 234 g/mol. The maximum atomic E-state index is 4.44. The molecule has 1 aromatic rings. The first-order valence-corrected chi connectivity index (χ1v) is 6.40. The molecule has 1 heterocycles. The maximum Gasteiger partial charge on any atom is 0.132 e. The van der Waals surface area contributed by atoms with Gasteiger partial charge in [-0.2, -0.15) is 0 Å². The van der Waals surface area contributed by atoms with E-state index >= 15 is 0 Å². The molecular weight excluding hydrogens is 212 g/mol. The molecule has 17 heavy (non-hydrogen) atoms. The third-order valence-corrected chi connectivity index (χ3v) is 3.89. The van der Waals surface area contributed by atoms with Crippen molar-refractivity contribution in [2.24, 2.45) is 11.8 Å². The van der Waals surface area contributed by atoms with Crippen molar-refractivity contribution in [1.29, 1.82) is 0 Å². The summed E-state index contributed by atoms with van der Waals surface area (Å²) in [7, 11) is 1.88. The summed E-state index contributed by atoms with van der Waals surface area (Å²) in [5.41, 5.74) is 0. The monoisotopic (exact) mass is 234 g/mol. The summed E-state index contributed by atoms with van der Waals surface area (Å²) in [5, 5.41) is 6.61. The topological polar surface area (TPSA) is 49.8 Å². The number of hydrogen-bond donors (Lipinski definition) is 2. The van der Waals surface area contributed by atoms with Crippen LogP contribution in [0, 0.1) is 18.8 Å². The summed E-state index contributed by atoms with van der Waals surface area (Å²) in [4.78, 5) is 8.74. The second kappa shape index (κ2) is 4.90. The number of hydrogen-bond acceptors (Lipinski definition) is 4. The molecule has 0 spiro atoms. The molecule has 2 rings (SSSR count). The number of aromatic nitrogens is 2. The van der Waals surface area contributed by atoms with Gasteiger partial charge in [0.15, 0.2) is 0 Å². The molecule has 4 nitrogen and oxygen atoms in total. The van der Waals surface area contributed by atoms with Crippen LogP contribution < -0.4 is 10.6 Å². The van der Waals surface area contributed by atoms with Crippen molar-refractivity contribution < 1.29 is 0 Å². The highest BCUT2D eigenvalue weighted by Crippen LogP contribution is 2.33. The van der Waals surface area contributed by atoms with Gasteiger partial charge in [0.2, 0.25) is 0 Å². The molecule has 1 saturated carbocycles. The number of rotatable bonds is 3. The normalized spacial score (nSPS) is 28.1. The largest absolute Gasteiger partial charge is 0.373 e. The van der Waals surface area contributed by atoms with Gasteiger partial charge in [-0.25, -0.2) is 9.97 Å². The first-order chi connectivity index (χ1) is 8.10. The van der Waals surface area contributed by atoms with E-state index in [2.05, 4.69) is 34.4 Å². The molecule has 0 radical (unpaired) electrons. The zero-order valence-electron chi connectivity index (χ0n) is 11.1. The fourth-order valence-corrected chi connectivity index (χ4v) is 2.53. The molecule has 0 aromatic carbocycles. The second-order valence-electron chi connectivity index (χ2n) is 5.10. The van der Waals surface area contributed by atoms with E-state index in [9.17, 15) is 0 Å². The Bertz CT molecular complexity index is 391. The zero-order chi connectivity index (χ0) is 12.4. The van der Waals surface area contributed by atoms with Crippen LogP contribution in [0.1, 0.15) is 32.5 Å². The van der Waals surface area contributed by atoms with E-state index in [0.717, 1.165) is 23.4 Å². The van der Waals surface area contributed by atoms with Gasteiger partial charge in [0.05, 0.1) is 0 Å². The highest BCUT2D eigenvalue weighted by atomic mass is 15.1. The van der Waals surface area contributed by atoms with E-state index in [1.54, 1.807) is 0 Å². The highest BCUT2D eigenvalue weighted by Gasteiger charge is 2.29. The average Bonchev–Trinajstić information content (AvgIpc) is 2.60. The van der Waals surface area contributed by atoms with Gasteiger partial charge < -0.3 is 10.6 Å². The van der Waals surface area contributed by atoms with E-state index in [4.69, 9.17) is 0 Å². The highest BCUT2D eigenvalue weighted by molar-refractivity contribution is 5.47. The summed E-state index contributed by atoms with van der Waals surface area (Å²) < 4.78 is 0. The third-order valence-electron chi connectivity index (χ3n) is 3.89. The lowest BCUT2D eigenvalue weighted by atomic mass is 9.98. The van der Waals surface area contributed by atoms with Crippen molar-refractivity contribution in [2.75, 3.05) is 17.7 Å². The quantitative estimate of drug-likeness (QED) is 0.844. The number of aryl methyl sites for hydroxylation is 1. The van der Waals surface area contributed by atoms with Crippen LogP contribution in [0.2, 0.25) is 0 Å². The SMILES string of the molecule is CNc1cc(NC2CCC(C)C2C)nc(C)n1. The smallest absolute Gasteiger partial charge is 0.132 e. The van der Waals surface area contributed by atoms with E-state index in [1.807, 2.05) is 20.0 Å². The Morgan fingerprint density at radius 2 is 1.88 bits per heavy atom. The Kier molecular flexibility index (Phi) is 3.50. The lowest BCUT2D eigenvalue weighted by Crippen LogP contribution is -2.24. The molecule has 1 aliphatic carbocycles. The van der Waals surface area contributed by atoms with Crippen molar-refractivity contribution in [1.82, 2.24) is 9.97 Å². The molecule has 1 aliphatic rings. The molecule has 94 valence electrons. The van der Waals surface area contributed by atoms with Crippen molar-refractivity contribution in [3.8, 4) is 0 Å². The van der Waals surface area contributed by atoms with Crippen molar-refractivity contribution in [2.45, 2.75) is 39.7 Å². The summed E-state index contributed by atoms with van der Waals surface area (Å²) in [6.07, 6.45) is 2.54. The minimum absolute atomic E-state index is 0.545. The molecular formula is C13H22N4. The van der Waals surface area contributed by atoms with E-state index in [-0.39, 0.29) is 0 Å². The van der Waals surface area contributed by atoms with Gasteiger partial charge in [0.25, 0.3) is 0 Å². The molecule has 2 N–H and O–H groups in total. The number of anilines is 2. The van der Waals surface area contributed by atoms with Gasteiger partial charge in [-0.15, -0.1) is 0 Å². The Hall–Kier alpha value is -1.32. The van der Waals surface area contributed by atoms with Gasteiger partial charge in [0.1, 0.15) is 17.5 Å². The number of nitrogens with one attached hydrogen (secondary N) is 2. The van der Waals surface area contributed by atoms with Gasteiger partial charge in [-0.3, -0.25) is 0 Å². The summed E-state index contributed by atoms with van der Waals surface area (Å²) in [5.74, 6) is 4.13. The molecule has 0 amide bonds. The van der Waals surface area contributed by atoms with Crippen LogP contribution in [-0.4, -0.2) is 23.1 Å². The van der Waals surface area contributed by atoms with Crippen LogP contribution in [-0.2, 0) is 0 Å². The van der Waals surface area contributed by atoms with E-state index in [0.29, 0.717) is 12.0 Å². The molecule has 0 aliphatic heterocycles. The van der Waals surface area contributed by atoms with Crippen LogP contribution in [0.25, 0.3) is 0 Å². The predicted molar refractivity (Wildman–Crippen MR) is 71.3 cm³/mol. The van der Waals surface area contributed by atoms with Crippen LogP contribution in [0.15, 0.2) is 6.07 Å². The van der Waals surface area contributed by atoms with E-state index < -0.39 is 0 Å². The van der Waals surface area contributed by atoms with Gasteiger partial charge in [-0.1, -0.05) is 13.8 Å². The summed E-state index contributed by atoms with van der Waals surface area (Å²) >= 11 is 0. The third kappa shape index (κ3) is 2.68. The van der Waals surface area contributed by atoms with Crippen molar-refractivity contribution in [3.05, 3.63) is 11.9 Å². The lowest BCUT2D eigenvalue weighted by Gasteiger charge is -2.20. The fraction of sp³-hybridized carbons (Fsp3) is 0.692. The Morgan fingerprint density at radius 1 is 1.18 bits per heavy atom. The number of nitrogens with zero attached hydrogens (tertiary/aromatic N) is 2. The Labute approximate surface area is 103 Å². The predicted octanol–water partition coefficient (Wildman–Crippen LogP) is 2.67. The molecule has 3 atom stereocenters. The maximum absolute atomic E-state index is 4.44. The van der Waals surface area contributed by atoms with E-state index in [1.165, 1.54) is 12.8 Å². The minimum atomic E-state index is 0.545. The molecule has 1 aromatic heterocycles. The van der Waals surface area contributed by atoms with Crippen molar-refractivity contribution >= 4 is 11.6 Å². The molecule has 4 heteroatoms. The first-order valence-electron chi connectivity index (χ1n) is 6.40. The molecule has 3 unspecified atom stereocenters. The Morgan fingerprint density at radius 3 is 2.47 bits per heavy atom. The molecule has 0 saturated heterocycles. The van der Waals surface area contributed by atoms with Crippen LogP contribution in [0.5, 0.6) is 0 Å². The van der Waals surface area contributed by atoms with Crippen LogP contribution in [0.3, 0.4) is 0 Å². The molecule has 0 bridgehead atoms. The zero-order valence-corrected chi connectivity index (χ0v) is 11.1. The molecule has 1 fully saturated rings. The minimum Gasteiger partial charge on any atom is -0.373 e. The van der Waals surface area contributed by atoms with Crippen molar-refractivity contribution in [3.63, 3.8) is 0 Å². The van der Waals surface area contributed by atoms with Gasteiger partial charge >= 0.3 is 0 Å². The standard InChI is InChI=1S/C13H22N4/c1-8-5-6-11(9(8)2)17-13-7-12(14-4)15-10(3)16-13/h7-9,11H,5-6H2,1-4H3,(H2,14,15,16,17). The summed E-state index contributed by atoms with van der Waals surface area (Å²) in [6.45, 7) is 6.58. The first kappa shape index (κ1) is 12.1. The van der Waals surface area contributed by atoms with Crippen LogP contribution >= 0.6 is 0 Å². The lowest BCUT2D eigenvalue weighted by molar-refractivity contribution is 0.435. The summed E-state index contributed by atoms with van der Waals surface area (Å²) in [6, 6.07) is 2.52. The van der Waals surface area contributed by atoms with Crippen LogP contribution in [0.4, 0.5) is 11.6 Å². The second-order valence-corrected chi connectivity index (χ2v) is 5.10.